The zero-order chi connectivity index (χ0) is 16.6. The second-order valence-electron chi connectivity index (χ2n) is 6.60. The molecule has 0 aromatic carbocycles. The van der Waals surface area contributed by atoms with E-state index in [0.29, 0.717) is 18.1 Å². The lowest BCUT2D eigenvalue weighted by Gasteiger charge is -2.14. The number of rotatable bonds is 15. The molecule has 22 heavy (non-hydrogen) atoms. The van der Waals surface area contributed by atoms with Gasteiger partial charge in [-0.1, -0.05) is 91.1 Å². The molecule has 0 saturated carbocycles. The number of carbonyl (C=O) groups is 1. The highest BCUT2D eigenvalue weighted by molar-refractivity contribution is 5.86. The Morgan fingerprint density at radius 2 is 1.45 bits per heavy atom. The van der Waals surface area contributed by atoms with Gasteiger partial charge in [0.05, 0.1) is 6.61 Å². The molecule has 0 aromatic rings. The predicted molar refractivity (Wildman–Crippen MR) is 96.0 cm³/mol. The number of esters is 1. The first-order valence-corrected chi connectivity index (χ1v) is 9.44. The second-order valence-corrected chi connectivity index (χ2v) is 6.60. The lowest BCUT2D eigenvalue weighted by atomic mass is 9.95. The van der Waals surface area contributed by atoms with Gasteiger partial charge in [-0.3, -0.25) is 0 Å². The molecule has 0 fully saturated rings. The summed E-state index contributed by atoms with van der Waals surface area (Å²) in [5.41, 5.74) is 0.493. The van der Waals surface area contributed by atoms with E-state index in [4.69, 9.17) is 4.74 Å². The van der Waals surface area contributed by atoms with Gasteiger partial charge in [0.25, 0.3) is 0 Å². The average molecular weight is 311 g/mol. The summed E-state index contributed by atoms with van der Waals surface area (Å²) in [6.45, 7) is 10.3. The lowest BCUT2D eigenvalue weighted by Crippen LogP contribution is -2.10. The molecule has 1 atom stereocenters. The van der Waals surface area contributed by atoms with Gasteiger partial charge in [0, 0.05) is 5.57 Å². The van der Waals surface area contributed by atoms with Crippen LogP contribution in [0.25, 0.3) is 0 Å². The van der Waals surface area contributed by atoms with E-state index in [0.717, 1.165) is 6.42 Å². The van der Waals surface area contributed by atoms with Crippen LogP contribution in [0.1, 0.15) is 97.8 Å². The number of ether oxygens (including phenoxy) is 1. The third-order valence-electron chi connectivity index (χ3n) is 4.40. The molecule has 0 amide bonds. The summed E-state index contributed by atoms with van der Waals surface area (Å²) in [6, 6.07) is 0. The second kappa shape index (κ2) is 15.1. The molecule has 0 aromatic heterocycles. The van der Waals surface area contributed by atoms with E-state index in [-0.39, 0.29) is 5.97 Å². The molecule has 0 heterocycles. The van der Waals surface area contributed by atoms with Crippen molar-refractivity contribution in [2.24, 2.45) is 5.92 Å². The summed E-state index contributed by atoms with van der Waals surface area (Å²) in [6.07, 6.45) is 15.9. The SMILES string of the molecule is C=C(C)C(=O)OCCC(CC)CCCCCCCCCCC. The monoisotopic (exact) mass is 310 g/mol. The minimum atomic E-state index is -0.252. The van der Waals surface area contributed by atoms with Crippen molar-refractivity contribution in [3.63, 3.8) is 0 Å². The maximum Gasteiger partial charge on any atom is 0.333 e. The smallest absolute Gasteiger partial charge is 0.333 e. The Balaban J connectivity index is 3.46. The van der Waals surface area contributed by atoms with Crippen LogP contribution >= 0.6 is 0 Å². The van der Waals surface area contributed by atoms with E-state index >= 15 is 0 Å². The topological polar surface area (TPSA) is 26.3 Å². The number of unbranched alkanes of at least 4 members (excludes halogenated alkanes) is 8. The fourth-order valence-corrected chi connectivity index (χ4v) is 2.74. The Labute approximate surface area is 138 Å². The third-order valence-corrected chi connectivity index (χ3v) is 4.40. The van der Waals surface area contributed by atoms with E-state index in [1.807, 2.05) is 0 Å². The summed E-state index contributed by atoms with van der Waals surface area (Å²) in [7, 11) is 0. The van der Waals surface area contributed by atoms with Gasteiger partial charge >= 0.3 is 5.97 Å². The zero-order valence-electron chi connectivity index (χ0n) is 15.3. The van der Waals surface area contributed by atoms with Gasteiger partial charge in [0.1, 0.15) is 0 Å². The van der Waals surface area contributed by atoms with Crippen LogP contribution in [-0.4, -0.2) is 12.6 Å². The molecule has 0 radical (unpaired) electrons. The van der Waals surface area contributed by atoms with Gasteiger partial charge in [0.2, 0.25) is 0 Å². The van der Waals surface area contributed by atoms with E-state index in [2.05, 4.69) is 20.4 Å². The Morgan fingerprint density at radius 3 is 1.95 bits per heavy atom. The molecule has 0 aliphatic rings. The number of hydrogen-bond donors (Lipinski definition) is 0. The molecule has 0 N–H and O–H groups in total. The molecule has 0 aliphatic heterocycles. The molecular weight excluding hydrogens is 272 g/mol. The van der Waals surface area contributed by atoms with Crippen LogP contribution in [0.4, 0.5) is 0 Å². The summed E-state index contributed by atoms with van der Waals surface area (Å²) in [5.74, 6) is 0.445. The highest BCUT2D eigenvalue weighted by Crippen LogP contribution is 2.19. The standard InChI is InChI=1S/C20H38O2/c1-5-7-8-9-10-11-12-13-14-15-19(6-2)16-17-22-20(21)18(3)4/h19H,3,5-17H2,1-2,4H3. The van der Waals surface area contributed by atoms with Crippen molar-refractivity contribution >= 4 is 5.97 Å². The molecule has 0 bridgehead atoms. The third kappa shape index (κ3) is 12.9. The molecule has 2 heteroatoms. The van der Waals surface area contributed by atoms with Crippen LogP contribution in [0.5, 0.6) is 0 Å². The van der Waals surface area contributed by atoms with Gasteiger partial charge in [-0.05, 0) is 19.3 Å². The zero-order valence-corrected chi connectivity index (χ0v) is 15.3. The first-order chi connectivity index (χ1) is 10.6. The lowest BCUT2D eigenvalue weighted by molar-refractivity contribution is -0.139. The van der Waals surface area contributed by atoms with E-state index < -0.39 is 0 Å². The molecular formula is C20H38O2. The molecule has 0 saturated heterocycles. The fourth-order valence-electron chi connectivity index (χ4n) is 2.74. The van der Waals surface area contributed by atoms with Crippen molar-refractivity contribution in [2.45, 2.75) is 97.8 Å². The molecule has 0 aliphatic carbocycles. The normalized spacial score (nSPS) is 12.1. The Hall–Kier alpha value is -0.790. The first-order valence-electron chi connectivity index (χ1n) is 9.44. The van der Waals surface area contributed by atoms with Gasteiger partial charge in [-0.2, -0.15) is 0 Å². The maximum absolute atomic E-state index is 11.3. The van der Waals surface area contributed by atoms with Crippen molar-refractivity contribution < 1.29 is 9.53 Å². The summed E-state index contributed by atoms with van der Waals surface area (Å²) in [4.78, 5) is 11.3. The molecule has 2 nitrogen and oxygen atoms in total. The molecule has 1 unspecified atom stereocenters. The van der Waals surface area contributed by atoms with Crippen molar-refractivity contribution in [3.8, 4) is 0 Å². The van der Waals surface area contributed by atoms with E-state index in [1.165, 1.54) is 70.6 Å². The van der Waals surface area contributed by atoms with Crippen LogP contribution in [0.2, 0.25) is 0 Å². The quantitative estimate of drug-likeness (QED) is 0.197. The highest BCUT2D eigenvalue weighted by atomic mass is 16.5. The minimum Gasteiger partial charge on any atom is -0.462 e. The van der Waals surface area contributed by atoms with E-state index in [9.17, 15) is 4.79 Å². The van der Waals surface area contributed by atoms with Crippen molar-refractivity contribution in [1.29, 1.82) is 0 Å². The van der Waals surface area contributed by atoms with Crippen molar-refractivity contribution in [1.82, 2.24) is 0 Å². The van der Waals surface area contributed by atoms with Gasteiger partial charge in [-0.15, -0.1) is 0 Å². The molecule has 130 valence electrons. The maximum atomic E-state index is 11.3. The van der Waals surface area contributed by atoms with Gasteiger partial charge < -0.3 is 4.74 Å². The van der Waals surface area contributed by atoms with Crippen LogP contribution in [0, 0.1) is 5.92 Å². The Bertz CT molecular complexity index is 283. The average Bonchev–Trinajstić information content (AvgIpc) is 2.51. The molecule has 0 spiro atoms. The number of carbonyl (C=O) groups excluding carboxylic acids is 1. The van der Waals surface area contributed by atoms with Gasteiger partial charge in [-0.25, -0.2) is 4.79 Å². The molecule has 0 rings (SSSR count). The predicted octanol–water partition coefficient (Wildman–Crippen LogP) is 6.44. The Kier molecular flexibility index (Phi) is 14.6. The first kappa shape index (κ1) is 21.2. The summed E-state index contributed by atoms with van der Waals surface area (Å²) >= 11 is 0. The van der Waals surface area contributed by atoms with Crippen LogP contribution in [0.3, 0.4) is 0 Å². The fraction of sp³-hybridized carbons (Fsp3) is 0.850. The summed E-state index contributed by atoms with van der Waals surface area (Å²) in [5, 5.41) is 0. The van der Waals surface area contributed by atoms with Crippen LogP contribution < -0.4 is 0 Å². The Morgan fingerprint density at radius 1 is 0.909 bits per heavy atom. The summed E-state index contributed by atoms with van der Waals surface area (Å²) < 4.78 is 5.19. The number of hydrogen-bond acceptors (Lipinski definition) is 2. The van der Waals surface area contributed by atoms with Crippen LogP contribution in [0.15, 0.2) is 12.2 Å². The largest absolute Gasteiger partial charge is 0.462 e. The van der Waals surface area contributed by atoms with Crippen molar-refractivity contribution in [2.75, 3.05) is 6.61 Å². The van der Waals surface area contributed by atoms with Crippen molar-refractivity contribution in [3.05, 3.63) is 12.2 Å². The highest BCUT2D eigenvalue weighted by Gasteiger charge is 2.08. The van der Waals surface area contributed by atoms with Crippen LogP contribution in [-0.2, 0) is 9.53 Å². The van der Waals surface area contributed by atoms with Gasteiger partial charge in [0.15, 0.2) is 0 Å². The minimum absolute atomic E-state index is 0.252. The van der Waals surface area contributed by atoms with E-state index in [1.54, 1.807) is 6.92 Å².